The van der Waals surface area contributed by atoms with Gasteiger partial charge < -0.3 is 9.64 Å². The smallest absolute Gasteiger partial charge is 0.410 e. The summed E-state index contributed by atoms with van der Waals surface area (Å²) in [6, 6.07) is 4.02. The molecule has 0 radical (unpaired) electrons. The summed E-state index contributed by atoms with van der Waals surface area (Å²) in [5.41, 5.74) is 1.84. The van der Waals surface area contributed by atoms with Crippen LogP contribution in [0.25, 0.3) is 0 Å². The molecule has 0 fully saturated rings. The number of carbonyl (C=O) groups excluding carboxylic acids is 1. The SMILES string of the molecule is CC(C)(C)OC(=O)N1CCc2ccc(Br)nc2CC1. The maximum absolute atomic E-state index is 12.1. The highest BCUT2D eigenvalue weighted by Crippen LogP contribution is 2.18. The quantitative estimate of drug-likeness (QED) is 0.687. The molecule has 1 aliphatic rings. The van der Waals surface area contributed by atoms with Crippen molar-refractivity contribution >= 4 is 22.0 Å². The van der Waals surface area contributed by atoms with Crippen LogP contribution in [0, 0.1) is 0 Å². The van der Waals surface area contributed by atoms with Gasteiger partial charge in [0, 0.05) is 25.2 Å². The number of nitrogens with zero attached hydrogens (tertiary/aromatic N) is 2. The molecule has 0 saturated carbocycles. The Labute approximate surface area is 122 Å². The number of carbonyl (C=O) groups is 1. The molecule has 0 aliphatic carbocycles. The van der Waals surface area contributed by atoms with E-state index in [-0.39, 0.29) is 6.09 Å². The van der Waals surface area contributed by atoms with Crippen molar-refractivity contribution in [3.63, 3.8) is 0 Å². The van der Waals surface area contributed by atoms with E-state index in [0.717, 1.165) is 23.1 Å². The van der Waals surface area contributed by atoms with Crippen molar-refractivity contribution in [3.8, 4) is 0 Å². The monoisotopic (exact) mass is 326 g/mol. The molecule has 0 aromatic carbocycles. The summed E-state index contributed by atoms with van der Waals surface area (Å²) in [4.78, 5) is 18.3. The standard InChI is InChI=1S/C14H19BrN2O2/c1-14(2,3)19-13(18)17-8-6-10-4-5-12(15)16-11(10)7-9-17/h4-5H,6-9H2,1-3H3. The van der Waals surface area contributed by atoms with E-state index in [1.54, 1.807) is 4.90 Å². The topological polar surface area (TPSA) is 42.4 Å². The molecular formula is C14H19BrN2O2. The van der Waals surface area contributed by atoms with Gasteiger partial charge in [0.15, 0.2) is 0 Å². The van der Waals surface area contributed by atoms with Gasteiger partial charge in [-0.1, -0.05) is 6.07 Å². The fourth-order valence-electron chi connectivity index (χ4n) is 2.06. The van der Waals surface area contributed by atoms with Crippen molar-refractivity contribution in [1.29, 1.82) is 0 Å². The number of fused-ring (bicyclic) bond motifs is 1. The molecule has 1 amide bonds. The van der Waals surface area contributed by atoms with Gasteiger partial charge in [0.05, 0.1) is 0 Å². The van der Waals surface area contributed by atoms with Gasteiger partial charge in [-0.25, -0.2) is 9.78 Å². The number of hydrogen-bond acceptors (Lipinski definition) is 3. The van der Waals surface area contributed by atoms with Crippen LogP contribution in [0.5, 0.6) is 0 Å². The summed E-state index contributed by atoms with van der Waals surface area (Å²) in [6.45, 7) is 7.00. The Kier molecular flexibility index (Phi) is 4.13. The number of aromatic nitrogens is 1. The average Bonchev–Trinajstić information content (AvgIpc) is 2.48. The predicted molar refractivity (Wildman–Crippen MR) is 77.2 cm³/mol. The van der Waals surface area contributed by atoms with Crippen LogP contribution >= 0.6 is 15.9 Å². The summed E-state index contributed by atoms with van der Waals surface area (Å²) in [5.74, 6) is 0. The van der Waals surface area contributed by atoms with Crippen LogP contribution in [0.4, 0.5) is 4.79 Å². The van der Waals surface area contributed by atoms with Gasteiger partial charge >= 0.3 is 6.09 Å². The minimum absolute atomic E-state index is 0.237. The van der Waals surface area contributed by atoms with Gasteiger partial charge in [-0.3, -0.25) is 0 Å². The van der Waals surface area contributed by atoms with Crippen molar-refractivity contribution in [2.45, 2.75) is 39.2 Å². The number of pyridine rings is 1. The molecular weight excluding hydrogens is 308 g/mol. The Bertz CT molecular complexity index is 483. The third-order valence-corrected chi connectivity index (χ3v) is 3.40. The first-order valence-electron chi connectivity index (χ1n) is 6.47. The molecule has 104 valence electrons. The van der Waals surface area contributed by atoms with Crippen LogP contribution in [-0.4, -0.2) is 34.7 Å². The van der Waals surface area contributed by atoms with Gasteiger partial charge in [-0.05, 0) is 54.8 Å². The minimum atomic E-state index is -0.447. The Hall–Kier alpha value is -1.10. The van der Waals surface area contributed by atoms with E-state index < -0.39 is 5.60 Å². The summed E-state index contributed by atoms with van der Waals surface area (Å²) in [5, 5.41) is 0. The molecule has 0 N–H and O–H groups in total. The molecule has 0 bridgehead atoms. The van der Waals surface area contributed by atoms with Crippen molar-refractivity contribution in [1.82, 2.24) is 9.88 Å². The number of halogens is 1. The lowest BCUT2D eigenvalue weighted by Crippen LogP contribution is -2.38. The number of amides is 1. The van der Waals surface area contributed by atoms with Crippen molar-refractivity contribution < 1.29 is 9.53 Å². The van der Waals surface area contributed by atoms with Crippen molar-refractivity contribution in [2.75, 3.05) is 13.1 Å². The molecule has 1 aromatic heterocycles. The van der Waals surface area contributed by atoms with Crippen molar-refractivity contribution in [3.05, 3.63) is 28.0 Å². The number of rotatable bonds is 0. The normalized spacial score (nSPS) is 15.7. The van der Waals surface area contributed by atoms with Gasteiger partial charge in [0.25, 0.3) is 0 Å². The first-order chi connectivity index (χ1) is 8.85. The second-order valence-electron chi connectivity index (χ2n) is 5.71. The molecule has 4 nitrogen and oxygen atoms in total. The zero-order chi connectivity index (χ0) is 14.0. The lowest BCUT2D eigenvalue weighted by atomic mass is 10.1. The van der Waals surface area contributed by atoms with Crippen LogP contribution < -0.4 is 0 Å². The third kappa shape index (κ3) is 3.93. The third-order valence-electron chi connectivity index (χ3n) is 2.96. The summed E-state index contributed by atoms with van der Waals surface area (Å²) < 4.78 is 6.26. The summed E-state index contributed by atoms with van der Waals surface area (Å²) >= 11 is 3.38. The lowest BCUT2D eigenvalue weighted by Gasteiger charge is -2.26. The first kappa shape index (κ1) is 14.3. The largest absolute Gasteiger partial charge is 0.444 e. The zero-order valence-electron chi connectivity index (χ0n) is 11.6. The predicted octanol–water partition coefficient (Wildman–Crippen LogP) is 3.18. The Morgan fingerprint density at radius 2 is 2.00 bits per heavy atom. The van der Waals surface area contributed by atoms with Crippen LogP contribution in [0.1, 0.15) is 32.0 Å². The molecule has 2 heterocycles. The molecule has 0 spiro atoms. The highest BCUT2D eigenvalue weighted by atomic mass is 79.9. The van der Waals surface area contributed by atoms with Crippen LogP contribution in [0.15, 0.2) is 16.7 Å². The maximum atomic E-state index is 12.1. The minimum Gasteiger partial charge on any atom is -0.444 e. The number of ether oxygens (including phenoxy) is 1. The van der Waals surface area contributed by atoms with E-state index in [9.17, 15) is 4.79 Å². The Morgan fingerprint density at radius 1 is 1.32 bits per heavy atom. The highest BCUT2D eigenvalue weighted by molar-refractivity contribution is 9.10. The van der Waals surface area contributed by atoms with Gasteiger partial charge in [-0.15, -0.1) is 0 Å². The van der Waals surface area contributed by atoms with Crippen LogP contribution in [-0.2, 0) is 17.6 Å². The molecule has 0 unspecified atom stereocenters. The second kappa shape index (κ2) is 5.49. The van der Waals surface area contributed by atoms with E-state index >= 15 is 0 Å². The Morgan fingerprint density at radius 3 is 2.68 bits per heavy atom. The average molecular weight is 327 g/mol. The number of hydrogen-bond donors (Lipinski definition) is 0. The van der Waals surface area contributed by atoms with Gasteiger partial charge in [0.2, 0.25) is 0 Å². The lowest BCUT2D eigenvalue weighted by molar-refractivity contribution is 0.0258. The molecule has 2 rings (SSSR count). The van der Waals surface area contributed by atoms with E-state index in [4.69, 9.17) is 4.74 Å². The second-order valence-corrected chi connectivity index (χ2v) is 6.52. The fraction of sp³-hybridized carbons (Fsp3) is 0.571. The molecule has 1 aromatic rings. The maximum Gasteiger partial charge on any atom is 0.410 e. The molecule has 5 heteroatoms. The summed E-state index contributed by atoms with van der Waals surface area (Å²) in [7, 11) is 0. The first-order valence-corrected chi connectivity index (χ1v) is 7.27. The molecule has 1 aliphatic heterocycles. The highest BCUT2D eigenvalue weighted by Gasteiger charge is 2.24. The molecule has 0 saturated heterocycles. The van der Waals surface area contributed by atoms with Gasteiger partial charge in [-0.2, -0.15) is 0 Å². The zero-order valence-corrected chi connectivity index (χ0v) is 13.2. The van der Waals surface area contributed by atoms with Gasteiger partial charge in [0.1, 0.15) is 10.2 Å². The summed E-state index contributed by atoms with van der Waals surface area (Å²) in [6.07, 6.45) is 1.36. The Balaban J connectivity index is 2.05. The fourth-order valence-corrected chi connectivity index (χ4v) is 2.41. The van der Waals surface area contributed by atoms with Crippen molar-refractivity contribution in [2.24, 2.45) is 0 Å². The molecule has 0 atom stereocenters. The van der Waals surface area contributed by atoms with E-state index in [2.05, 4.69) is 27.0 Å². The van der Waals surface area contributed by atoms with E-state index in [1.807, 2.05) is 26.8 Å². The van der Waals surface area contributed by atoms with Crippen LogP contribution in [0.3, 0.4) is 0 Å². The van der Waals surface area contributed by atoms with Crippen LogP contribution in [0.2, 0.25) is 0 Å². The molecule has 19 heavy (non-hydrogen) atoms. The van der Waals surface area contributed by atoms with E-state index in [1.165, 1.54) is 5.56 Å². The van der Waals surface area contributed by atoms with E-state index in [0.29, 0.717) is 13.1 Å².